The zero-order valence-corrected chi connectivity index (χ0v) is 11.9. The van der Waals surface area contributed by atoms with Crippen molar-refractivity contribution in [3.63, 3.8) is 0 Å². The van der Waals surface area contributed by atoms with Crippen LogP contribution in [0.1, 0.15) is 25.5 Å². The van der Waals surface area contributed by atoms with Gasteiger partial charge in [0, 0.05) is 18.2 Å². The van der Waals surface area contributed by atoms with Crippen LogP contribution in [0.5, 0.6) is 0 Å². The van der Waals surface area contributed by atoms with Gasteiger partial charge >= 0.3 is 0 Å². The van der Waals surface area contributed by atoms with Crippen LogP contribution < -0.4 is 5.73 Å². The van der Waals surface area contributed by atoms with Crippen molar-refractivity contribution in [1.29, 1.82) is 0 Å². The quantitative estimate of drug-likeness (QED) is 0.784. The molecule has 0 aliphatic heterocycles. The van der Waals surface area contributed by atoms with E-state index in [1.54, 1.807) is 0 Å². The molecule has 2 N–H and O–H groups in total. The minimum absolute atomic E-state index is 0.367. The van der Waals surface area contributed by atoms with Gasteiger partial charge in [0.15, 0.2) is 0 Å². The largest absolute Gasteiger partial charge is 0.326 e. The van der Waals surface area contributed by atoms with Gasteiger partial charge in [0.2, 0.25) is 0 Å². The molecule has 0 saturated carbocycles. The highest BCUT2D eigenvalue weighted by Crippen LogP contribution is 2.28. The van der Waals surface area contributed by atoms with Crippen LogP contribution in [0.4, 0.5) is 0 Å². The van der Waals surface area contributed by atoms with Crippen LogP contribution in [0.25, 0.3) is 22.4 Å². The molecular formula is C17H19N3. The number of rotatable bonds is 3. The van der Waals surface area contributed by atoms with E-state index in [0.717, 1.165) is 22.5 Å². The number of para-hydroxylation sites is 2. The summed E-state index contributed by atoms with van der Waals surface area (Å²) in [6.07, 6.45) is 0. The van der Waals surface area contributed by atoms with E-state index >= 15 is 0 Å². The molecule has 3 nitrogen and oxygen atoms in total. The molecule has 0 saturated heterocycles. The average Bonchev–Trinajstić information content (AvgIpc) is 2.86. The Hall–Kier alpha value is -2.13. The van der Waals surface area contributed by atoms with Crippen LogP contribution in [-0.2, 0) is 6.54 Å². The summed E-state index contributed by atoms with van der Waals surface area (Å²) >= 11 is 0. The molecule has 1 heterocycles. The molecule has 3 aromatic rings. The van der Waals surface area contributed by atoms with Crippen LogP contribution in [-0.4, -0.2) is 9.55 Å². The third-order valence-electron chi connectivity index (χ3n) is 3.56. The fraction of sp³-hybridized carbons (Fsp3) is 0.235. The minimum Gasteiger partial charge on any atom is -0.326 e. The van der Waals surface area contributed by atoms with Crippen molar-refractivity contribution in [3.8, 4) is 11.4 Å². The molecule has 3 rings (SSSR count). The van der Waals surface area contributed by atoms with E-state index < -0.39 is 0 Å². The monoisotopic (exact) mass is 265 g/mol. The fourth-order valence-electron chi connectivity index (χ4n) is 2.56. The third kappa shape index (κ3) is 2.10. The Morgan fingerprint density at radius 3 is 2.40 bits per heavy atom. The van der Waals surface area contributed by atoms with E-state index in [2.05, 4.69) is 60.9 Å². The van der Waals surface area contributed by atoms with Gasteiger partial charge in [-0.05, 0) is 31.5 Å². The van der Waals surface area contributed by atoms with Crippen molar-refractivity contribution in [2.24, 2.45) is 5.73 Å². The fourth-order valence-corrected chi connectivity index (χ4v) is 2.56. The lowest BCUT2D eigenvalue weighted by Gasteiger charge is -2.13. The standard InChI is InChI=1S/C17H19N3/c1-12(2)20-16-6-4-3-5-15(16)19-17(20)14-9-7-13(11-18)8-10-14/h3-10,12H,11,18H2,1-2H3. The number of benzene rings is 2. The Balaban J connectivity index is 2.21. The molecule has 0 spiro atoms. The molecule has 0 fully saturated rings. The van der Waals surface area contributed by atoms with Crippen LogP contribution in [0.3, 0.4) is 0 Å². The summed E-state index contributed by atoms with van der Waals surface area (Å²) in [4.78, 5) is 4.79. The second kappa shape index (κ2) is 5.10. The molecule has 0 aliphatic rings. The van der Waals surface area contributed by atoms with Gasteiger partial charge in [0.05, 0.1) is 11.0 Å². The molecule has 0 amide bonds. The van der Waals surface area contributed by atoms with Gasteiger partial charge in [-0.1, -0.05) is 36.4 Å². The number of nitrogens with two attached hydrogens (primary N) is 1. The number of fused-ring (bicyclic) bond motifs is 1. The lowest BCUT2D eigenvalue weighted by Crippen LogP contribution is -2.03. The van der Waals surface area contributed by atoms with Crippen LogP contribution in [0.15, 0.2) is 48.5 Å². The van der Waals surface area contributed by atoms with Crippen LogP contribution in [0, 0.1) is 0 Å². The first-order chi connectivity index (χ1) is 9.70. The highest BCUT2D eigenvalue weighted by atomic mass is 15.1. The minimum atomic E-state index is 0.367. The van der Waals surface area contributed by atoms with Gasteiger partial charge in [-0.2, -0.15) is 0 Å². The van der Waals surface area contributed by atoms with Crippen molar-refractivity contribution >= 4 is 11.0 Å². The molecule has 20 heavy (non-hydrogen) atoms. The van der Waals surface area contributed by atoms with Crippen molar-refractivity contribution in [1.82, 2.24) is 9.55 Å². The molecule has 0 radical (unpaired) electrons. The second-order valence-corrected chi connectivity index (χ2v) is 5.29. The molecule has 0 bridgehead atoms. The molecule has 0 unspecified atom stereocenters. The highest BCUT2D eigenvalue weighted by molar-refractivity contribution is 5.80. The predicted octanol–water partition coefficient (Wildman–Crippen LogP) is 3.74. The number of aromatic nitrogens is 2. The Bertz CT molecular complexity index is 724. The molecule has 3 heteroatoms. The van der Waals surface area contributed by atoms with Crippen molar-refractivity contribution in [3.05, 3.63) is 54.1 Å². The molecule has 1 aromatic heterocycles. The zero-order valence-electron chi connectivity index (χ0n) is 11.9. The van der Waals surface area contributed by atoms with Crippen LogP contribution in [0.2, 0.25) is 0 Å². The SMILES string of the molecule is CC(C)n1c(-c2ccc(CN)cc2)nc2ccccc21. The van der Waals surface area contributed by atoms with E-state index in [0.29, 0.717) is 12.6 Å². The van der Waals surface area contributed by atoms with E-state index in [4.69, 9.17) is 10.7 Å². The first-order valence-electron chi connectivity index (χ1n) is 6.97. The van der Waals surface area contributed by atoms with Crippen molar-refractivity contribution in [2.45, 2.75) is 26.4 Å². The topological polar surface area (TPSA) is 43.8 Å². The summed E-state index contributed by atoms with van der Waals surface area (Å²) in [6, 6.07) is 17.0. The molecule has 0 aliphatic carbocycles. The maximum absolute atomic E-state index is 5.66. The first-order valence-corrected chi connectivity index (χ1v) is 6.97. The lowest BCUT2D eigenvalue weighted by atomic mass is 10.1. The second-order valence-electron chi connectivity index (χ2n) is 5.29. The summed E-state index contributed by atoms with van der Waals surface area (Å²) in [6.45, 7) is 4.94. The molecule has 2 aromatic carbocycles. The Morgan fingerprint density at radius 1 is 1.05 bits per heavy atom. The van der Waals surface area contributed by atoms with E-state index in [1.807, 2.05) is 6.07 Å². The van der Waals surface area contributed by atoms with Gasteiger partial charge in [-0.3, -0.25) is 0 Å². The molecule has 0 atom stereocenters. The Labute approximate surface area is 119 Å². The number of hydrogen-bond acceptors (Lipinski definition) is 2. The highest BCUT2D eigenvalue weighted by Gasteiger charge is 2.14. The zero-order chi connectivity index (χ0) is 14.1. The summed E-state index contributed by atoms with van der Waals surface area (Å²) < 4.78 is 2.28. The normalized spacial score (nSPS) is 11.4. The molecular weight excluding hydrogens is 246 g/mol. The van der Waals surface area contributed by atoms with Gasteiger partial charge in [-0.15, -0.1) is 0 Å². The lowest BCUT2D eigenvalue weighted by molar-refractivity contribution is 0.624. The summed E-state index contributed by atoms with van der Waals surface area (Å²) in [7, 11) is 0. The number of nitrogens with zero attached hydrogens (tertiary/aromatic N) is 2. The summed E-state index contributed by atoms with van der Waals surface area (Å²) in [5, 5.41) is 0. The molecule has 102 valence electrons. The van der Waals surface area contributed by atoms with E-state index in [-0.39, 0.29) is 0 Å². The Kier molecular flexibility index (Phi) is 3.28. The van der Waals surface area contributed by atoms with Gasteiger partial charge in [0.1, 0.15) is 5.82 Å². The smallest absolute Gasteiger partial charge is 0.141 e. The Morgan fingerprint density at radius 2 is 1.75 bits per heavy atom. The van der Waals surface area contributed by atoms with Crippen molar-refractivity contribution < 1.29 is 0 Å². The maximum Gasteiger partial charge on any atom is 0.141 e. The average molecular weight is 265 g/mol. The van der Waals surface area contributed by atoms with E-state index in [9.17, 15) is 0 Å². The maximum atomic E-state index is 5.66. The van der Waals surface area contributed by atoms with Crippen LogP contribution >= 0.6 is 0 Å². The van der Waals surface area contributed by atoms with Gasteiger partial charge in [0.25, 0.3) is 0 Å². The first kappa shape index (κ1) is 12.9. The van der Waals surface area contributed by atoms with Crippen molar-refractivity contribution in [2.75, 3.05) is 0 Å². The predicted molar refractivity (Wildman–Crippen MR) is 83.4 cm³/mol. The number of imidazole rings is 1. The van der Waals surface area contributed by atoms with Gasteiger partial charge in [-0.25, -0.2) is 4.98 Å². The van der Waals surface area contributed by atoms with Gasteiger partial charge < -0.3 is 10.3 Å². The number of hydrogen-bond donors (Lipinski definition) is 1. The van der Waals surface area contributed by atoms with E-state index in [1.165, 1.54) is 5.52 Å². The summed E-state index contributed by atoms with van der Waals surface area (Å²) in [5.41, 5.74) is 10.2. The summed E-state index contributed by atoms with van der Waals surface area (Å²) in [5.74, 6) is 1.02. The third-order valence-corrected chi connectivity index (χ3v) is 3.56.